The molecular formula is C18H16ClNO4. The van der Waals surface area contributed by atoms with Crippen molar-refractivity contribution in [1.82, 2.24) is 4.98 Å². The SMILES string of the molecule is COc1cc(OC)c(OC)cc1/C=C\c1nc2cc(Cl)ccc2o1. The smallest absolute Gasteiger partial charge is 0.220 e. The van der Waals surface area contributed by atoms with Gasteiger partial charge in [-0.05, 0) is 30.3 Å². The first kappa shape index (κ1) is 16.2. The average molecular weight is 346 g/mol. The highest BCUT2D eigenvalue weighted by molar-refractivity contribution is 6.31. The second-order valence-electron chi connectivity index (χ2n) is 4.95. The van der Waals surface area contributed by atoms with Gasteiger partial charge in [0.1, 0.15) is 11.3 Å². The summed E-state index contributed by atoms with van der Waals surface area (Å²) in [6.07, 6.45) is 3.60. The zero-order valence-corrected chi connectivity index (χ0v) is 14.3. The molecular weight excluding hydrogens is 330 g/mol. The number of hydrogen-bond acceptors (Lipinski definition) is 5. The summed E-state index contributed by atoms with van der Waals surface area (Å²) in [6.45, 7) is 0. The van der Waals surface area contributed by atoms with Gasteiger partial charge in [0.25, 0.3) is 0 Å². The molecule has 1 aromatic heterocycles. The summed E-state index contributed by atoms with van der Waals surface area (Å²) in [5.41, 5.74) is 2.20. The summed E-state index contributed by atoms with van der Waals surface area (Å²) < 4.78 is 21.7. The zero-order chi connectivity index (χ0) is 17.1. The lowest BCUT2D eigenvalue weighted by molar-refractivity contribution is 0.348. The number of nitrogens with zero attached hydrogens (tertiary/aromatic N) is 1. The van der Waals surface area contributed by atoms with Crippen molar-refractivity contribution in [3.8, 4) is 17.2 Å². The second-order valence-corrected chi connectivity index (χ2v) is 5.38. The van der Waals surface area contributed by atoms with Crippen LogP contribution in [0.5, 0.6) is 17.2 Å². The topological polar surface area (TPSA) is 53.7 Å². The first-order valence-corrected chi connectivity index (χ1v) is 7.56. The Hall–Kier alpha value is -2.66. The molecule has 6 heteroatoms. The maximum absolute atomic E-state index is 5.96. The van der Waals surface area contributed by atoms with Crippen molar-refractivity contribution < 1.29 is 18.6 Å². The van der Waals surface area contributed by atoms with Gasteiger partial charge < -0.3 is 18.6 Å². The quantitative estimate of drug-likeness (QED) is 0.672. The van der Waals surface area contributed by atoms with E-state index in [0.717, 1.165) is 5.56 Å². The van der Waals surface area contributed by atoms with Crippen molar-refractivity contribution in [2.45, 2.75) is 0 Å². The molecule has 124 valence electrons. The van der Waals surface area contributed by atoms with Crippen LogP contribution in [-0.4, -0.2) is 26.3 Å². The molecule has 0 saturated carbocycles. The summed E-state index contributed by atoms with van der Waals surface area (Å²) in [6, 6.07) is 8.91. The largest absolute Gasteiger partial charge is 0.496 e. The first-order valence-electron chi connectivity index (χ1n) is 7.18. The van der Waals surface area contributed by atoms with Gasteiger partial charge in [0.2, 0.25) is 5.89 Å². The van der Waals surface area contributed by atoms with Gasteiger partial charge >= 0.3 is 0 Å². The minimum absolute atomic E-state index is 0.476. The minimum atomic E-state index is 0.476. The Morgan fingerprint density at radius 2 is 1.62 bits per heavy atom. The fourth-order valence-electron chi connectivity index (χ4n) is 2.33. The maximum atomic E-state index is 5.96. The monoisotopic (exact) mass is 345 g/mol. The highest BCUT2D eigenvalue weighted by Gasteiger charge is 2.10. The van der Waals surface area contributed by atoms with Crippen LogP contribution < -0.4 is 14.2 Å². The van der Waals surface area contributed by atoms with E-state index in [1.54, 1.807) is 51.7 Å². The van der Waals surface area contributed by atoms with Crippen molar-refractivity contribution in [3.63, 3.8) is 0 Å². The lowest BCUT2D eigenvalue weighted by Crippen LogP contribution is -1.94. The second kappa shape index (κ2) is 6.84. The summed E-state index contributed by atoms with van der Waals surface area (Å²) in [5, 5.41) is 0.618. The van der Waals surface area contributed by atoms with Gasteiger partial charge in [0, 0.05) is 22.7 Å². The molecule has 0 fully saturated rings. The Balaban J connectivity index is 1.97. The molecule has 3 rings (SSSR count). The van der Waals surface area contributed by atoms with E-state index in [2.05, 4.69) is 4.98 Å². The average Bonchev–Trinajstić information content (AvgIpc) is 3.00. The summed E-state index contributed by atoms with van der Waals surface area (Å²) in [7, 11) is 4.76. The number of hydrogen-bond donors (Lipinski definition) is 0. The zero-order valence-electron chi connectivity index (χ0n) is 13.5. The van der Waals surface area contributed by atoms with Crippen LogP contribution in [0.25, 0.3) is 23.3 Å². The van der Waals surface area contributed by atoms with Crippen molar-refractivity contribution >= 4 is 34.9 Å². The molecule has 3 aromatic rings. The molecule has 0 saturated heterocycles. The van der Waals surface area contributed by atoms with Crippen molar-refractivity contribution in [2.24, 2.45) is 0 Å². The third-order valence-electron chi connectivity index (χ3n) is 3.51. The highest BCUT2D eigenvalue weighted by atomic mass is 35.5. The van der Waals surface area contributed by atoms with Gasteiger partial charge in [-0.1, -0.05) is 11.6 Å². The van der Waals surface area contributed by atoms with E-state index in [0.29, 0.717) is 39.3 Å². The van der Waals surface area contributed by atoms with E-state index in [1.807, 2.05) is 12.1 Å². The van der Waals surface area contributed by atoms with Crippen LogP contribution in [0.15, 0.2) is 34.7 Å². The third-order valence-corrected chi connectivity index (χ3v) is 3.74. The van der Waals surface area contributed by atoms with E-state index >= 15 is 0 Å². The van der Waals surface area contributed by atoms with E-state index < -0.39 is 0 Å². The minimum Gasteiger partial charge on any atom is -0.496 e. The van der Waals surface area contributed by atoms with Crippen molar-refractivity contribution in [2.75, 3.05) is 21.3 Å². The number of methoxy groups -OCH3 is 3. The number of fused-ring (bicyclic) bond motifs is 1. The Kier molecular flexibility index (Phi) is 4.62. The molecule has 0 atom stereocenters. The lowest BCUT2D eigenvalue weighted by atomic mass is 10.1. The predicted molar refractivity (Wildman–Crippen MR) is 94.0 cm³/mol. The van der Waals surface area contributed by atoms with E-state index in [1.165, 1.54) is 0 Å². The predicted octanol–water partition coefficient (Wildman–Crippen LogP) is 4.68. The standard InChI is InChI=1S/C18H16ClNO4/c1-21-15-10-17(23-3)16(22-2)8-11(15)4-7-18-20-13-9-12(19)5-6-14(13)24-18/h4-10H,1-3H3/b7-4-. The van der Waals surface area contributed by atoms with Crippen LogP contribution >= 0.6 is 11.6 Å². The lowest BCUT2D eigenvalue weighted by Gasteiger charge is -2.11. The van der Waals surface area contributed by atoms with E-state index in [4.69, 9.17) is 30.2 Å². The van der Waals surface area contributed by atoms with E-state index in [9.17, 15) is 0 Å². The van der Waals surface area contributed by atoms with Crippen molar-refractivity contribution in [3.05, 3.63) is 46.8 Å². The first-order chi connectivity index (χ1) is 11.6. The van der Waals surface area contributed by atoms with Crippen LogP contribution in [0.3, 0.4) is 0 Å². The number of oxazole rings is 1. The normalized spacial score (nSPS) is 11.2. The summed E-state index contributed by atoms with van der Waals surface area (Å²) in [4.78, 5) is 4.39. The molecule has 0 unspecified atom stereocenters. The summed E-state index contributed by atoms with van der Waals surface area (Å²) in [5.74, 6) is 2.34. The number of rotatable bonds is 5. The van der Waals surface area contributed by atoms with Gasteiger partial charge in [-0.2, -0.15) is 0 Å². The van der Waals surface area contributed by atoms with Crippen LogP contribution in [0.1, 0.15) is 11.5 Å². The Bertz CT molecular complexity index is 901. The van der Waals surface area contributed by atoms with E-state index in [-0.39, 0.29) is 0 Å². The van der Waals surface area contributed by atoms with Gasteiger partial charge in [0.15, 0.2) is 17.1 Å². The fourth-order valence-corrected chi connectivity index (χ4v) is 2.50. The number of halogens is 1. The number of aromatic nitrogens is 1. The molecule has 0 aliphatic heterocycles. The van der Waals surface area contributed by atoms with Crippen LogP contribution in [0.2, 0.25) is 5.02 Å². The molecule has 0 aliphatic carbocycles. The molecule has 0 spiro atoms. The fraction of sp³-hybridized carbons (Fsp3) is 0.167. The highest BCUT2D eigenvalue weighted by Crippen LogP contribution is 2.35. The molecule has 2 aromatic carbocycles. The third kappa shape index (κ3) is 3.16. The van der Waals surface area contributed by atoms with Gasteiger partial charge in [0.05, 0.1) is 21.3 Å². The van der Waals surface area contributed by atoms with Gasteiger partial charge in [-0.15, -0.1) is 0 Å². The maximum Gasteiger partial charge on any atom is 0.220 e. The van der Waals surface area contributed by atoms with Crippen LogP contribution in [0.4, 0.5) is 0 Å². The molecule has 24 heavy (non-hydrogen) atoms. The van der Waals surface area contributed by atoms with Gasteiger partial charge in [-0.25, -0.2) is 4.98 Å². The molecule has 5 nitrogen and oxygen atoms in total. The number of ether oxygens (including phenoxy) is 3. The Labute approximate surface area is 144 Å². The molecule has 0 aliphatic rings. The Morgan fingerprint density at radius 1 is 0.917 bits per heavy atom. The summed E-state index contributed by atoms with van der Waals surface area (Å²) >= 11 is 5.96. The molecule has 0 bridgehead atoms. The van der Waals surface area contributed by atoms with Crippen LogP contribution in [-0.2, 0) is 0 Å². The number of benzene rings is 2. The van der Waals surface area contributed by atoms with Crippen molar-refractivity contribution in [1.29, 1.82) is 0 Å². The molecule has 0 N–H and O–H groups in total. The molecule has 0 amide bonds. The van der Waals surface area contributed by atoms with Gasteiger partial charge in [-0.3, -0.25) is 0 Å². The Morgan fingerprint density at radius 3 is 2.33 bits per heavy atom. The molecule has 0 radical (unpaired) electrons. The van der Waals surface area contributed by atoms with Crippen LogP contribution in [0, 0.1) is 0 Å². The molecule has 1 heterocycles.